The molecule has 0 aliphatic heterocycles. The van der Waals surface area contributed by atoms with Gasteiger partial charge in [-0.2, -0.15) is 0 Å². The Kier molecular flexibility index (Phi) is 4.15. The van der Waals surface area contributed by atoms with Crippen LogP contribution >= 0.6 is 11.6 Å². The molecule has 2 nitrogen and oxygen atoms in total. The lowest BCUT2D eigenvalue weighted by molar-refractivity contribution is -0.121. The average molecular weight is 226 g/mol. The van der Waals surface area contributed by atoms with Gasteiger partial charge >= 0.3 is 0 Å². The van der Waals surface area contributed by atoms with Gasteiger partial charge in [0.15, 0.2) is 0 Å². The zero-order valence-electron chi connectivity index (χ0n) is 9.30. The Hall–Kier alpha value is -1.02. The number of carbonyl (C=O) groups excluding carboxylic acids is 1. The molecular weight excluding hydrogens is 210 g/mol. The molecular formula is C12H16ClNO. The number of hydrogen-bond acceptors (Lipinski definition) is 1. The van der Waals surface area contributed by atoms with Crippen molar-refractivity contribution in [1.82, 2.24) is 5.32 Å². The van der Waals surface area contributed by atoms with E-state index in [4.69, 9.17) is 11.6 Å². The Morgan fingerprint density at radius 1 is 1.53 bits per heavy atom. The van der Waals surface area contributed by atoms with Crippen molar-refractivity contribution < 1.29 is 4.79 Å². The molecule has 0 saturated carbocycles. The van der Waals surface area contributed by atoms with Crippen LogP contribution in [0.25, 0.3) is 0 Å². The van der Waals surface area contributed by atoms with Crippen molar-refractivity contribution in [3.63, 3.8) is 0 Å². The molecule has 3 heteroatoms. The SMILES string of the molecule is CCC(=O)NC(C)c1ccc(C)c(Cl)c1. The van der Waals surface area contributed by atoms with Gasteiger partial charge in [-0.25, -0.2) is 0 Å². The van der Waals surface area contributed by atoms with E-state index in [1.165, 1.54) is 0 Å². The zero-order valence-corrected chi connectivity index (χ0v) is 10.1. The van der Waals surface area contributed by atoms with Gasteiger partial charge in [-0.1, -0.05) is 30.7 Å². The second-order valence-electron chi connectivity index (χ2n) is 3.65. The van der Waals surface area contributed by atoms with Crippen LogP contribution in [-0.2, 0) is 4.79 Å². The molecule has 1 atom stereocenters. The lowest BCUT2D eigenvalue weighted by atomic mass is 10.1. The van der Waals surface area contributed by atoms with E-state index in [0.29, 0.717) is 6.42 Å². The molecule has 1 N–H and O–H groups in total. The molecule has 0 radical (unpaired) electrons. The summed E-state index contributed by atoms with van der Waals surface area (Å²) >= 11 is 6.02. The fourth-order valence-corrected chi connectivity index (χ4v) is 1.49. The Morgan fingerprint density at radius 2 is 2.20 bits per heavy atom. The van der Waals surface area contributed by atoms with Crippen LogP contribution in [0.15, 0.2) is 18.2 Å². The highest BCUT2D eigenvalue weighted by atomic mass is 35.5. The summed E-state index contributed by atoms with van der Waals surface area (Å²) in [6.07, 6.45) is 0.504. The molecule has 1 aromatic carbocycles. The third-order valence-corrected chi connectivity index (χ3v) is 2.80. The minimum absolute atomic E-state index is 0.00977. The topological polar surface area (TPSA) is 29.1 Å². The molecule has 1 unspecified atom stereocenters. The van der Waals surface area contributed by atoms with Gasteiger partial charge in [0, 0.05) is 11.4 Å². The van der Waals surface area contributed by atoms with Crippen molar-refractivity contribution in [3.8, 4) is 0 Å². The highest BCUT2D eigenvalue weighted by molar-refractivity contribution is 6.31. The first kappa shape index (κ1) is 12.1. The third kappa shape index (κ3) is 3.24. The van der Waals surface area contributed by atoms with E-state index in [-0.39, 0.29) is 11.9 Å². The summed E-state index contributed by atoms with van der Waals surface area (Å²) in [5.41, 5.74) is 2.09. The molecule has 0 spiro atoms. The molecule has 1 aromatic rings. The van der Waals surface area contributed by atoms with E-state index in [0.717, 1.165) is 16.1 Å². The third-order valence-electron chi connectivity index (χ3n) is 2.39. The first-order valence-corrected chi connectivity index (χ1v) is 5.47. The summed E-state index contributed by atoms with van der Waals surface area (Å²) in [5.74, 6) is 0.0548. The van der Waals surface area contributed by atoms with Gasteiger partial charge in [-0.15, -0.1) is 0 Å². The van der Waals surface area contributed by atoms with Crippen LogP contribution in [0.4, 0.5) is 0 Å². The summed E-state index contributed by atoms with van der Waals surface area (Å²) < 4.78 is 0. The highest BCUT2D eigenvalue weighted by Gasteiger charge is 2.08. The fraction of sp³-hybridized carbons (Fsp3) is 0.417. The number of benzene rings is 1. The molecule has 0 fully saturated rings. The second kappa shape index (κ2) is 5.17. The normalized spacial score (nSPS) is 12.3. The molecule has 0 saturated heterocycles. The first-order chi connectivity index (χ1) is 7.04. The molecule has 0 bridgehead atoms. The largest absolute Gasteiger partial charge is 0.350 e. The first-order valence-electron chi connectivity index (χ1n) is 5.10. The average Bonchev–Trinajstić information content (AvgIpc) is 2.21. The number of halogens is 1. The van der Waals surface area contributed by atoms with Gasteiger partial charge in [-0.3, -0.25) is 4.79 Å². The van der Waals surface area contributed by atoms with Crippen LogP contribution in [0, 0.1) is 6.92 Å². The van der Waals surface area contributed by atoms with Crippen molar-refractivity contribution >= 4 is 17.5 Å². The summed E-state index contributed by atoms with van der Waals surface area (Å²) in [4.78, 5) is 11.2. The van der Waals surface area contributed by atoms with Gasteiger partial charge in [0.1, 0.15) is 0 Å². The van der Waals surface area contributed by atoms with Crippen molar-refractivity contribution in [2.24, 2.45) is 0 Å². The number of amides is 1. The fourth-order valence-electron chi connectivity index (χ4n) is 1.31. The number of rotatable bonds is 3. The maximum Gasteiger partial charge on any atom is 0.220 e. The van der Waals surface area contributed by atoms with Crippen LogP contribution < -0.4 is 5.32 Å². The molecule has 15 heavy (non-hydrogen) atoms. The maximum absolute atomic E-state index is 11.2. The van der Waals surface area contributed by atoms with Crippen LogP contribution in [0.5, 0.6) is 0 Å². The predicted molar refractivity (Wildman–Crippen MR) is 63.0 cm³/mol. The van der Waals surface area contributed by atoms with Crippen LogP contribution in [0.1, 0.15) is 37.4 Å². The summed E-state index contributed by atoms with van der Waals surface area (Å²) in [7, 11) is 0. The summed E-state index contributed by atoms with van der Waals surface area (Å²) in [5, 5.41) is 3.64. The van der Waals surface area contributed by atoms with Gasteiger partial charge in [0.25, 0.3) is 0 Å². The van der Waals surface area contributed by atoms with Crippen molar-refractivity contribution in [1.29, 1.82) is 0 Å². The maximum atomic E-state index is 11.2. The van der Waals surface area contributed by atoms with Crippen molar-refractivity contribution in [2.45, 2.75) is 33.2 Å². The van der Waals surface area contributed by atoms with Crippen LogP contribution in [-0.4, -0.2) is 5.91 Å². The monoisotopic (exact) mass is 225 g/mol. The Bertz CT molecular complexity index is 363. The Balaban J connectivity index is 2.78. The molecule has 1 rings (SSSR count). The minimum Gasteiger partial charge on any atom is -0.350 e. The van der Waals surface area contributed by atoms with E-state index >= 15 is 0 Å². The number of aryl methyl sites for hydroxylation is 1. The quantitative estimate of drug-likeness (QED) is 0.841. The molecule has 1 amide bonds. The Morgan fingerprint density at radius 3 is 2.73 bits per heavy atom. The second-order valence-corrected chi connectivity index (χ2v) is 4.06. The predicted octanol–water partition coefficient (Wildman–Crippen LogP) is 3.24. The summed E-state index contributed by atoms with van der Waals surface area (Å²) in [6, 6.07) is 5.86. The van der Waals surface area contributed by atoms with Crippen LogP contribution in [0.3, 0.4) is 0 Å². The van der Waals surface area contributed by atoms with Gasteiger partial charge in [0.2, 0.25) is 5.91 Å². The van der Waals surface area contributed by atoms with Crippen molar-refractivity contribution in [2.75, 3.05) is 0 Å². The number of carbonyl (C=O) groups is 1. The van der Waals surface area contributed by atoms with Gasteiger partial charge in [-0.05, 0) is 31.0 Å². The minimum atomic E-state index is 0.00977. The lowest BCUT2D eigenvalue weighted by Gasteiger charge is -2.14. The van der Waals surface area contributed by atoms with E-state index < -0.39 is 0 Å². The molecule has 0 heterocycles. The number of hydrogen-bond donors (Lipinski definition) is 1. The van der Waals surface area contributed by atoms with Crippen molar-refractivity contribution in [3.05, 3.63) is 34.3 Å². The molecule has 0 aromatic heterocycles. The summed E-state index contributed by atoms with van der Waals surface area (Å²) in [6.45, 7) is 5.75. The van der Waals surface area contributed by atoms with E-state index in [1.807, 2.05) is 39.0 Å². The lowest BCUT2D eigenvalue weighted by Crippen LogP contribution is -2.25. The smallest absolute Gasteiger partial charge is 0.220 e. The number of nitrogens with one attached hydrogen (secondary N) is 1. The molecule has 0 aliphatic carbocycles. The van der Waals surface area contributed by atoms with Gasteiger partial charge < -0.3 is 5.32 Å². The van der Waals surface area contributed by atoms with Gasteiger partial charge in [0.05, 0.1) is 6.04 Å². The van der Waals surface area contributed by atoms with Crippen LogP contribution in [0.2, 0.25) is 5.02 Å². The molecule has 0 aliphatic rings. The zero-order chi connectivity index (χ0) is 11.4. The van der Waals surface area contributed by atoms with E-state index in [1.54, 1.807) is 0 Å². The Labute approximate surface area is 95.6 Å². The standard InChI is InChI=1S/C12H16ClNO/c1-4-12(15)14-9(3)10-6-5-8(2)11(13)7-10/h5-7,9H,4H2,1-3H3,(H,14,15). The van der Waals surface area contributed by atoms with E-state index in [2.05, 4.69) is 5.32 Å². The van der Waals surface area contributed by atoms with E-state index in [9.17, 15) is 4.79 Å². The molecule has 82 valence electrons. The highest BCUT2D eigenvalue weighted by Crippen LogP contribution is 2.21.